The third-order valence-electron chi connectivity index (χ3n) is 3.38. The average molecular weight is 247 g/mol. The summed E-state index contributed by atoms with van der Waals surface area (Å²) in [5.41, 5.74) is 2.28. The fourth-order valence-corrected chi connectivity index (χ4v) is 2.68. The molecule has 0 aliphatic carbocycles. The topological polar surface area (TPSA) is 16.1 Å². The van der Waals surface area contributed by atoms with E-state index >= 15 is 0 Å². The maximum Gasteiger partial charge on any atom is 0.0737 e. The second-order valence-corrected chi connectivity index (χ2v) is 4.98. The highest BCUT2D eigenvalue weighted by atomic mass is 35.5. The number of anilines is 1. The van der Waals surface area contributed by atoms with E-state index in [0.29, 0.717) is 0 Å². The molecule has 1 aliphatic rings. The van der Waals surface area contributed by atoms with Crippen LogP contribution in [0.3, 0.4) is 0 Å². The zero-order valence-electron chi connectivity index (χ0n) is 9.69. The van der Waals surface area contributed by atoms with Crippen molar-refractivity contribution in [3.05, 3.63) is 35.5 Å². The maximum atomic E-state index is 6.00. The molecule has 0 N–H and O–H groups in total. The standard InChI is InChI=1S/C14H15ClN2/c15-11-4-5-12-13(10-11)16-7-6-14(12)17-8-2-1-3-9-17/h4-7,10H,1-3,8-9H2. The van der Waals surface area contributed by atoms with Crippen molar-refractivity contribution >= 4 is 28.2 Å². The van der Waals surface area contributed by atoms with E-state index in [2.05, 4.69) is 22.0 Å². The number of fused-ring (bicyclic) bond motifs is 1. The fourth-order valence-electron chi connectivity index (χ4n) is 2.52. The lowest BCUT2D eigenvalue weighted by Crippen LogP contribution is -2.29. The Bertz CT molecular complexity index is 533. The highest BCUT2D eigenvalue weighted by Gasteiger charge is 2.13. The SMILES string of the molecule is Clc1ccc2c(N3CCCCC3)ccnc2c1. The minimum absolute atomic E-state index is 0.751. The zero-order chi connectivity index (χ0) is 11.7. The minimum atomic E-state index is 0.751. The summed E-state index contributed by atoms with van der Waals surface area (Å²) in [4.78, 5) is 6.85. The molecule has 1 aromatic heterocycles. The number of aromatic nitrogens is 1. The normalized spacial score (nSPS) is 16.4. The molecule has 2 aromatic rings. The Kier molecular flexibility index (Phi) is 2.89. The number of pyridine rings is 1. The van der Waals surface area contributed by atoms with Crippen molar-refractivity contribution in [1.82, 2.24) is 4.98 Å². The van der Waals surface area contributed by atoms with Crippen LogP contribution >= 0.6 is 11.6 Å². The summed E-state index contributed by atoms with van der Waals surface area (Å²) in [5, 5.41) is 1.96. The Labute approximate surface area is 106 Å². The Balaban J connectivity index is 2.09. The van der Waals surface area contributed by atoms with Gasteiger partial charge in [-0.3, -0.25) is 4.98 Å². The van der Waals surface area contributed by atoms with Gasteiger partial charge in [0.2, 0.25) is 0 Å². The Hall–Kier alpha value is -1.28. The van der Waals surface area contributed by atoms with Gasteiger partial charge in [-0.1, -0.05) is 11.6 Å². The molecule has 0 radical (unpaired) electrons. The van der Waals surface area contributed by atoms with E-state index in [4.69, 9.17) is 11.6 Å². The molecule has 2 heterocycles. The average Bonchev–Trinajstić information content (AvgIpc) is 2.39. The van der Waals surface area contributed by atoms with Gasteiger partial charge >= 0.3 is 0 Å². The maximum absolute atomic E-state index is 6.00. The van der Waals surface area contributed by atoms with Gasteiger partial charge in [-0.05, 0) is 43.5 Å². The molecule has 1 aromatic carbocycles. The molecule has 88 valence electrons. The number of nitrogens with zero attached hydrogens (tertiary/aromatic N) is 2. The predicted octanol–water partition coefficient (Wildman–Crippen LogP) is 3.88. The zero-order valence-corrected chi connectivity index (χ0v) is 10.5. The Morgan fingerprint density at radius 3 is 2.71 bits per heavy atom. The second-order valence-electron chi connectivity index (χ2n) is 4.54. The van der Waals surface area contributed by atoms with Gasteiger partial charge < -0.3 is 4.90 Å². The molecule has 1 saturated heterocycles. The molecule has 3 rings (SSSR count). The summed E-state index contributed by atoms with van der Waals surface area (Å²) < 4.78 is 0. The van der Waals surface area contributed by atoms with Crippen LogP contribution in [0.25, 0.3) is 10.9 Å². The van der Waals surface area contributed by atoms with E-state index in [1.54, 1.807) is 0 Å². The van der Waals surface area contributed by atoms with Gasteiger partial charge in [0.05, 0.1) is 5.52 Å². The first kappa shape index (κ1) is 10.8. The summed E-state index contributed by atoms with van der Waals surface area (Å²) in [6.45, 7) is 2.31. The lowest BCUT2D eigenvalue weighted by molar-refractivity contribution is 0.579. The molecule has 0 spiro atoms. The largest absolute Gasteiger partial charge is 0.371 e. The summed E-state index contributed by atoms with van der Waals surface area (Å²) in [5.74, 6) is 0. The van der Waals surface area contributed by atoms with Crippen LogP contribution in [0, 0.1) is 0 Å². The van der Waals surface area contributed by atoms with Gasteiger partial charge in [-0.2, -0.15) is 0 Å². The summed E-state index contributed by atoms with van der Waals surface area (Å²) in [7, 11) is 0. The highest BCUT2D eigenvalue weighted by Crippen LogP contribution is 2.29. The molecular weight excluding hydrogens is 232 g/mol. The van der Waals surface area contributed by atoms with Crippen molar-refractivity contribution in [3.63, 3.8) is 0 Å². The monoisotopic (exact) mass is 246 g/mol. The quantitative estimate of drug-likeness (QED) is 0.759. The molecule has 0 amide bonds. The smallest absolute Gasteiger partial charge is 0.0737 e. The molecule has 17 heavy (non-hydrogen) atoms. The Morgan fingerprint density at radius 2 is 1.88 bits per heavy atom. The van der Waals surface area contributed by atoms with Crippen molar-refractivity contribution in [2.24, 2.45) is 0 Å². The van der Waals surface area contributed by atoms with E-state index in [0.717, 1.165) is 23.6 Å². The van der Waals surface area contributed by atoms with Crippen molar-refractivity contribution in [2.45, 2.75) is 19.3 Å². The van der Waals surface area contributed by atoms with Gasteiger partial charge in [0.15, 0.2) is 0 Å². The van der Waals surface area contributed by atoms with Crippen molar-refractivity contribution in [2.75, 3.05) is 18.0 Å². The summed E-state index contributed by atoms with van der Waals surface area (Å²) in [6.07, 6.45) is 5.81. The van der Waals surface area contributed by atoms with Gasteiger partial charge in [-0.15, -0.1) is 0 Å². The van der Waals surface area contributed by atoms with Gasteiger partial charge in [-0.25, -0.2) is 0 Å². The van der Waals surface area contributed by atoms with Crippen molar-refractivity contribution in [1.29, 1.82) is 0 Å². The van der Waals surface area contributed by atoms with Crippen LogP contribution in [0.15, 0.2) is 30.5 Å². The van der Waals surface area contributed by atoms with E-state index < -0.39 is 0 Å². The molecule has 0 atom stereocenters. The van der Waals surface area contributed by atoms with E-state index in [-0.39, 0.29) is 0 Å². The highest BCUT2D eigenvalue weighted by molar-refractivity contribution is 6.31. The number of hydrogen-bond acceptors (Lipinski definition) is 2. The van der Waals surface area contributed by atoms with Crippen LogP contribution < -0.4 is 4.90 Å². The number of rotatable bonds is 1. The van der Waals surface area contributed by atoms with Crippen LogP contribution in [0.1, 0.15) is 19.3 Å². The van der Waals surface area contributed by atoms with Crippen molar-refractivity contribution in [3.8, 4) is 0 Å². The number of halogens is 1. The molecule has 0 saturated carbocycles. The van der Waals surface area contributed by atoms with Gasteiger partial charge in [0.25, 0.3) is 0 Å². The van der Waals surface area contributed by atoms with Crippen LogP contribution in [0.4, 0.5) is 5.69 Å². The molecule has 1 fully saturated rings. The third-order valence-corrected chi connectivity index (χ3v) is 3.61. The van der Waals surface area contributed by atoms with Crippen LogP contribution in [0.5, 0.6) is 0 Å². The molecule has 0 bridgehead atoms. The van der Waals surface area contributed by atoms with Gasteiger partial charge in [0, 0.05) is 35.4 Å². The molecule has 1 aliphatic heterocycles. The predicted molar refractivity (Wildman–Crippen MR) is 72.8 cm³/mol. The van der Waals surface area contributed by atoms with Crippen molar-refractivity contribution < 1.29 is 0 Å². The van der Waals surface area contributed by atoms with Crippen LogP contribution in [-0.2, 0) is 0 Å². The number of hydrogen-bond donors (Lipinski definition) is 0. The van der Waals surface area contributed by atoms with Crippen LogP contribution in [-0.4, -0.2) is 18.1 Å². The lowest BCUT2D eigenvalue weighted by Gasteiger charge is -2.29. The van der Waals surface area contributed by atoms with Crippen LogP contribution in [0.2, 0.25) is 5.02 Å². The fraction of sp³-hybridized carbons (Fsp3) is 0.357. The Morgan fingerprint density at radius 1 is 1.06 bits per heavy atom. The first-order valence-corrected chi connectivity index (χ1v) is 6.51. The van der Waals surface area contributed by atoms with E-state index in [1.807, 2.05) is 18.3 Å². The lowest BCUT2D eigenvalue weighted by atomic mass is 10.1. The third kappa shape index (κ3) is 2.09. The number of piperidine rings is 1. The van der Waals surface area contributed by atoms with E-state index in [9.17, 15) is 0 Å². The molecule has 2 nitrogen and oxygen atoms in total. The molecular formula is C14H15ClN2. The van der Waals surface area contributed by atoms with Gasteiger partial charge in [0.1, 0.15) is 0 Å². The second kappa shape index (κ2) is 4.53. The number of benzene rings is 1. The summed E-state index contributed by atoms with van der Waals surface area (Å²) >= 11 is 6.00. The molecule has 3 heteroatoms. The minimum Gasteiger partial charge on any atom is -0.371 e. The first-order valence-electron chi connectivity index (χ1n) is 6.14. The molecule has 0 unspecified atom stereocenters. The van der Waals surface area contributed by atoms with E-state index in [1.165, 1.54) is 30.3 Å². The summed E-state index contributed by atoms with van der Waals surface area (Å²) in [6, 6.07) is 8.07. The first-order chi connectivity index (χ1) is 8.34.